The fraction of sp³-hybridized carbons (Fsp3) is 0.409. The molecule has 1 heterocycles. The van der Waals surface area contributed by atoms with Gasteiger partial charge in [-0.25, -0.2) is 8.42 Å². The van der Waals surface area contributed by atoms with Gasteiger partial charge in [0.05, 0.1) is 4.90 Å². The third kappa shape index (κ3) is 6.29. The van der Waals surface area contributed by atoms with Crippen LogP contribution in [0.25, 0.3) is 0 Å². The van der Waals surface area contributed by atoms with E-state index in [1.165, 1.54) is 12.1 Å². The number of rotatable bonds is 10. The second-order valence-corrected chi connectivity index (χ2v) is 9.40. The molecule has 1 saturated heterocycles. The van der Waals surface area contributed by atoms with Gasteiger partial charge in [0.1, 0.15) is 24.3 Å². The second kappa shape index (κ2) is 10.6. The summed E-state index contributed by atoms with van der Waals surface area (Å²) in [6, 6.07) is 15.3. The lowest BCUT2D eigenvalue weighted by molar-refractivity contribution is -0.143. The van der Waals surface area contributed by atoms with Crippen molar-refractivity contribution in [2.75, 3.05) is 25.5 Å². The van der Waals surface area contributed by atoms with Crippen LogP contribution in [-0.2, 0) is 21.2 Å². The zero-order valence-corrected chi connectivity index (χ0v) is 17.7. The number of hydrogen-bond acceptors (Lipinski definition) is 6. The summed E-state index contributed by atoms with van der Waals surface area (Å²) in [5.41, 5.74) is 1.03. The zero-order valence-electron chi connectivity index (χ0n) is 16.9. The average molecular weight is 433 g/mol. The van der Waals surface area contributed by atoms with E-state index in [4.69, 9.17) is 4.74 Å². The maximum atomic E-state index is 12.6. The van der Waals surface area contributed by atoms with Crippen molar-refractivity contribution in [3.63, 3.8) is 0 Å². The van der Waals surface area contributed by atoms with Gasteiger partial charge in [0.15, 0.2) is 9.84 Å². The van der Waals surface area contributed by atoms with E-state index in [0.29, 0.717) is 12.4 Å². The predicted molar refractivity (Wildman–Crippen MR) is 114 cm³/mol. The van der Waals surface area contributed by atoms with Crippen LogP contribution in [0.5, 0.6) is 5.75 Å². The average Bonchev–Trinajstić information content (AvgIpc) is 2.76. The highest BCUT2D eigenvalue weighted by Gasteiger charge is 2.27. The lowest BCUT2D eigenvalue weighted by Gasteiger charge is -2.32. The van der Waals surface area contributed by atoms with E-state index in [1.807, 2.05) is 35.2 Å². The molecule has 1 unspecified atom stereocenters. The first-order valence-electron chi connectivity index (χ1n) is 10.1. The highest BCUT2D eigenvalue weighted by molar-refractivity contribution is 7.91. The van der Waals surface area contributed by atoms with Crippen molar-refractivity contribution in [1.29, 1.82) is 0 Å². The lowest BCUT2D eigenvalue weighted by atomic mass is 10.1. The molecule has 1 aliphatic rings. The van der Waals surface area contributed by atoms with Crippen LogP contribution in [0.1, 0.15) is 24.8 Å². The summed E-state index contributed by atoms with van der Waals surface area (Å²) in [6.07, 6.45) is 3.05. The van der Waals surface area contributed by atoms with E-state index in [-0.39, 0.29) is 17.3 Å². The summed E-state index contributed by atoms with van der Waals surface area (Å²) in [5, 5.41) is 12.3. The van der Waals surface area contributed by atoms with Gasteiger partial charge in [0, 0.05) is 6.54 Å². The highest BCUT2D eigenvalue weighted by atomic mass is 32.2. The van der Waals surface area contributed by atoms with E-state index in [0.717, 1.165) is 37.9 Å². The number of carbonyl (C=O) groups is 1. The summed E-state index contributed by atoms with van der Waals surface area (Å²) >= 11 is 0. The molecule has 162 valence electrons. The van der Waals surface area contributed by atoms with Crippen LogP contribution in [0.15, 0.2) is 59.5 Å². The third-order valence-corrected chi connectivity index (χ3v) is 6.75. The summed E-state index contributed by atoms with van der Waals surface area (Å²) in [7, 11) is -3.57. The molecule has 0 aromatic heterocycles. The molecule has 8 heteroatoms. The number of benzene rings is 2. The van der Waals surface area contributed by atoms with E-state index < -0.39 is 21.8 Å². The molecule has 0 amide bonds. The number of aliphatic carboxylic acids is 1. The summed E-state index contributed by atoms with van der Waals surface area (Å²) < 4.78 is 30.9. The zero-order chi connectivity index (χ0) is 21.4. The number of piperidine rings is 1. The third-order valence-electron chi connectivity index (χ3n) is 5.18. The molecule has 1 aliphatic heterocycles. The van der Waals surface area contributed by atoms with Crippen molar-refractivity contribution in [2.24, 2.45) is 0 Å². The van der Waals surface area contributed by atoms with Crippen LogP contribution in [-0.4, -0.2) is 55.9 Å². The Morgan fingerprint density at radius 3 is 2.33 bits per heavy atom. The molecule has 0 radical (unpaired) electrons. The minimum absolute atomic E-state index is 0.0901. The fourth-order valence-corrected chi connectivity index (χ4v) is 4.60. The number of hydrogen-bond donors (Lipinski definition) is 2. The Bertz CT molecular complexity index is 910. The van der Waals surface area contributed by atoms with Crippen LogP contribution >= 0.6 is 0 Å². The van der Waals surface area contributed by atoms with Crippen LogP contribution < -0.4 is 10.1 Å². The first kappa shape index (κ1) is 22.3. The molecule has 2 N–H and O–H groups in total. The molecule has 0 spiro atoms. The number of carboxylic acids is 1. The van der Waals surface area contributed by atoms with Gasteiger partial charge in [0.2, 0.25) is 0 Å². The maximum absolute atomic E-state index is 12.6. The summed E-state index contributed by atoms with van der Waals surface area (Å²) in [4.78, 5) is 13.7. The van der Waals surface area contributed by atoms with Crippen molar-refractivity contribution in [1.82, 2.24) is 10.2 Å². The molecule has 2 aromatic rings. The Kier molecular flexibility index (Phi) is 7.84. The Hall–Kier alpha value is -2.42. The number of likely N-dealkylation sites (tertiary alicyclic amines) is 1. The van der Waals surface area contributed by atoms with Crippen molar-refractivity contribution < 1.29 is 23.1 Å². The van der Waals surface area contributed by atoms with Crippen LogP contribution in [0.3, 0.4) is 0 Å². The Labute approximate surface area is 177 Å². The molecular formula is C22H28N2O5S. The number of ether oxygens (including phenoxy) is 1. The summed E-state index contributed by atoms with van der Waals surface area (Å²) in [5.74, 6) is -0.655. The topological polar surface area (TPSA) is 95.9 Å². The molecule has 0 aliphatic carbocycles. The minimum atomic E-state index is -3.57. The molecule has 3 rings (SSSR count). The SMILES string of the molecule is O=C(O)C(CNCS(=O)(=O)c1ccc(OCc2ccccc2)cc1)N1CCCCC1. The number of sulfone groups is 1. The van der Waals surface area contributed by atoms with Crippen molar-refractivity contribution in [2.45, 2.75) is 36.8 Å². The van der Waals surface area contributed by atoms with Crippen molar-refractivity contribution >= 4 is 15.8 Å². The van der Waals surface area contributed by atoms with Crippen molar-refractivity contribution in [3.05, 3.63) is 60.2 Å². The standard InChI is InChI=1S/C22H28N2O5S/c25-22(26)21(24-13-5-2-6-14-24)15-23-17-30(27,28)20-11-9-19(10-12-20)29-16-18-7-3-1-4-8-18/h1,3-4,7-12,21,23H,2,5-6,13-17H2,(H,25,26). The van der Waals surface area contributed by atoms with Crippen molar-refractivity contribution in [3.8, 4) is 5.75 Å². The van der Waals surface area contributed by atoms with Crippen LogP contribution in [0.2, 0.25) is 0 Å². The van der Waals surface area contributed by atoms with Crippen LogP contribution in [0.4, 0.5) is 0 Å². The van der Waals surface area contributed by atoms with E-state index in [2.05, 4.69) is 5.32 Å². The Morgan fingerprint density at radius 2 is 1.70 bits per heavy atom. The highest BCUT2D eigenvalue weighted by Crippen LogP contribution is 2.18. The Balaban J connectivity index is 1.52. The molecule has 30 heavy (non-hydrogen) atoms. The van der Waals surface area contributed by atoms with E-state index in [9.17, 15) is 18.3 Å². The number of nitrogens with one attached hydrogen (secondary N) is 1. The van der Waals surface area contributed by atoms with Gasteiger partial charge in [-0.05, 0) is 55.8 Å². The molecule has 7 nitrogen and oxygen atoms in total. The van der Waals surface area contributed by atoms with Gasteiger partial charge < -0.3 is 15.2 Å². The number of nitrogens with zero attached hydrogens (tertiary/aromatic N) is 1. The predicted octanol–water partition coefficient (Wildman–Crippen LogP) is 2.53. The first-order chi connectivity index (χ1) is 14.5. The molecule has 2 aromatic carbocycles. The van der Waals surface area contributed by atoms with Gasteiger partial charge in [0.25, 0.3) is 0 Å². The number of carboxylic acid groups (broad SMARTS) is 1. The van der Waals surface area contributed by atoms with Gasteiger partial charge in [-0.1, -0.05) is 36.8 Å². The molecule has 0 bridgehead atoms. The molecule has 1 fully saturated rings. The maximum Gasteiger partial charge on any atom is 0.322 e. The second-order valence-electron chi connectivity index (χ2n) is 7.41. The lowest BCUT2D eigenvalue weighted by Crippen LogP contribution is -2.50. The molecule has 1 atom stereocenters. The van der Waals surface area contributed by atoms with E-state index >= 15 is 0 Å². The first-order valence-corrected chi connectivity index (χ1v) is 11.8. The van der Waals surface area contributed by atoms with Gasteiger partial charge in [-0.2, -0.15) is 0 Å². The fourth-order valence-electron chi connectivity index (χ4n) is 3.50. The molecular weight excluding hydrogens is 404 g/mol. The smallest absolute Gasteiger partial charge is 0.322 e. The quantitative estimate of drug-likeness (QED) is 0.596. The normalized spacial score (nSPS) is 16.1. The minimum Gasteiger partial charge on any atom is -0.489 e. The summed E-state index contributed by atoms with van der Waals surface area (Å²) in [6.45, 7) is 1.96. The monoisotopic (exact) mass is 432 g/mol. The van der Waals surface area contributed by atoms with E-state index in [1.54, 1.807) is 12.1 Å². The van der Waals surface area contributed by atoms with Gasteiger partial charge in [-0.15, -0.1) is 0 Å². The van der Waals surface area contributed by atoms with Gasteiger partial charge in [-0.3, -0.25) is 9.69 Å². The molecule has 0 saturated carbocycles. The largest absolute Gasteiger partial charge is 0.489 e. The van der Waals surface area contributed by atoms with Gasteiger partial charge >= 0.3 is 5.97 Å². The Morgan fingerprint density at radius 1 is 1.03 bits per heavy atom. The van der Waals surface area contributed by atoms with Crippen LogP contribution in [0, 0.1) is 0 Å².